The molecular weight excluding hydrogens is 364 g/mol. The summed E-state index contributed by atoms with van der Waals surface area (Å²) in [7, 11) is 0. The maximum atomic E-state index is 12.8. The van der Waals surface area contributed by atoms with Crippen LogP contribution in [0.4, 0.5) is 5.69 Å². The second kappa shape index (κ2) is 8.95. The van der Waals surface area contributed by atoms with Gasteiger partial charge in [-0.3, -0.25) is 9.69 Å². The molecule has 2 aromatic rings. The van der Waals surface area contributed by atoms with Crippen LogP contribution in [0.15, 0.2) is 24.4 Å². The van der Waals surface area contributed by atoms with Crippen molar-refractivity contribution in [2.75, 3.05) is 37.6 Å². The molecular formula is C22H34N6O. The quantitative estimate of drug-likeness (QED) is 0.749. The van der Waals surface area contributed by atoms with E-state index in [-0.39, 0.29) is 18.0 Å². The summed E-state index contributed by atoms with van der Waals surface area (Å²) in [5.41, 5.74) is 3.31. The van der Waals surface area contributed by atoms with Gasteiger partial charge >= 0.3 is 0 Å². The average molecular weight is 399 g/mol. The van der Waals surface area contributed by atoms with Crippen molar-refractivity contribution < 1.29 is 4.79 Å². The van der Waals surface area contributed by atoms with Crippen LogP contribution in [0.3, 0.4) is 0 Å². The van der Waals surface area contributed by atoms with Crippen LogP contribution in [0.1, 0.15) is 39.1 Å². The SMILES string of the molecule is Cc1nn(-c2ccccn2)c(C)c1N1CCN(CC(=O)N(C(C)C)C(C)C)CC1. The number of aromatic nitrogens is 3. The minimum Gasteiger partial charge on any atom is -0.366 e. The first kappa shape index (κ1) is 21.3. The molecule has 0 bridgehead atoms. The molecule has 0 N–H and O–H groups in total. The lowest BCUT2D eigenvalue weighted by Gasteiger charge is -2.38. The molecule has 0 unspecified atom stereocenters. The van der Waals surface area contributed by atoms with E-state index in [1.165, 1.54) is 5.69 Å². The fraction of sp³-hybridized carbons (Fsp3) is 0.591. The molecule has 1 amide bonds. The third kappa shape index (κ3) is 4.61. The molecule has 7 heteroatoms. The predicted octanol–water partition coefficient (Wildman–Crippen LogP) is 2.65. The number of pyridine rings is 1. The Bertz CT molecular complexity index is 813. The molecule has 3 rings (SSSR count). The van der Waals surface area contributed by atoms with Gasteiger partial charge in [0.15, 0.2) is 5.82 Å². The molecule has 0 spiro atoms. The summed E-state index contributed by atoms with van der Waals surface area (Å²) in [5.74, 6) is 1.06. The monoisotopic (exact) mass is 398 g/mol. The smallest absolute Gasteiger partial charge is 0.237 e. The highest BCUT2D eigenvalue weighted by molar-refractivity contribution is 5.79. The summed E-state index contributed by atoms with van der Waals surface area (Å²) in [6.07, 6.45) is 1.79. The van der Waals surface area contributed by atoms with Crippen molar-refractivity contribution >= 4 is 11.6 Å². The first-order chi connectivity index (χ1) is 13.8. The van der Waals surface area contributed by atoms with Gasteiger partial charge < -0.3 is 9.80 Å². The van der Waals surface area contributed by atoms with Crippen molar-refractivity contribution in [1.82, 2.24) is 24.6 Å². The molecule has 2 aromatic heterocycles. The van der Waals surface area contributed by atoms with E-state index in [1.54, 1.807) is 6.20 Å². The lowest BCUT2D eigenvalue weighted by Crippen LogP contribution is -2.52. The second-order valence-corrected chi connectivity index (χ2v) is 8.37. The van der Waals surface area contributed by atoms with Crippen LogP contribution < -0.4 is 4.90 Å². The van der Waals surface area contributed by atoms with Gasteiger partial charge in [0.2, 0.25) is 5.91 Å². The molecule has 1 aliphatic rings. The normalized spacial score (nSPS) is 15.4. The van der Waals surface area contributed by atoms with E-state index in [2.05, 4.69) is 56.3 Å². The topological polar surface area (TPSA) is 57.5 Å². The minimum atomic E-state index is 0.221. The number of aryl methyl sites for hydroxylation is 1. The van der Waals surface area contributed by atoms with Crippen molar-refractivity contribution in [3.8, 4) is 5.82 Å². The van der Waals surface area contributed by atoms with Gasteiger partial charge in [-0.05, 0) is 53.7 Å². The maximum Gasteiger partial charge on any atom is 0.237 e. The number of piperazine rings is 1. The van der Waals surface area contributed by atoms with Crippen LogP contribution in [0, 0.1) is 13.8 Å². The Morgan fingerprint density at radius 3 is 2.28 bits per heavy atom. The summed E-state index contributed by atoms with van der Waals surface area (Å²) in [5, 5.41) is 4.72. The number of carbonyl (C=O) groups excluding carboxylic acids is 1. The highest BCUT2D eigenvalue weighted by atomic mass is 16.2. The van der Waals surface area contributed by atoms with E-state index in [1.807, 2.05) is 27.8 Å². The molecule has 7 nitrogen and oxygen atoms in total. The number of hydrogen-bond acceptors (Lipinski definition) is 5. The van der Waals surface area contributed by atoms with Crippen molar-refractivity contribution in [3.63, 3.8) is 0 Å². The molecule has 0 aromatic carbocycles. The van der Waals surface area contributed by atoms with Crippen LogP contribution in [-0.2, 0) is 4.79 Å². The largest absolute Gasteiger partial charge is 0.366 e. The predicted molar refractivity (Wildman–Crippen MR) is 117 cm³/mol. The highest BCUT2D eigenvalue weighted by Crippen LogP contribution is 2.27. The number of carbonyl (C=O) groups is 1. The van der Waals surface area contributed by atoms with Crippen LogP contribution in [0.2, 0.25) is 0 Å². The Labute approximate surface area is 174 Å². The lowest BCUT2D eigenvalue weighted by atomic mass is 10.2. The molecule has 0 aliphatic carbocycles. The molecule has 1 fully saturated rings. The summed E-state index contributed by atoms with van der Waals surface area (Å²) in [4.78, 5) is 23.8. The molecule has 158 valence electrons. The summed E-state index contributed by atoms with van der Waals surface area (Å²) in [6, 6.07) is 6.32. The number of anilines is 1. The minimum absolute atomic E-state index is 0.221. The average Bonchev–Trinajstić information content (AvgIpc) is 2.97. The van der Waals surface area contributed by atoms with Crippen molar-refractivity contribution in [2.24, 2.45) is 0 Å². The zero-order valence-corrected chi connectivity index (χ0v) is 18.6. The third-order valence-electron chi connectivity index (χ3n) is 5.57. The van der Waals surface area contributed by atoms with Crippen molar-refractivity contribution in [3.05, 3.63) is 35.8 Å². The standard InChI is InChI=1S/C22H34N6O/c1-16(2)27(17(3)4)21(29)15-25-11-13-26(14-12-25)22-18(5)24-28(19(22)6)20-9-7-8-10-23-20/h7-10,16-17H,11-15H2,1-6H3. The number of rotatable bonds is 6. The van der Waals surface area contributed by atoms with E-state index >= 15 is 0 Å². The van der Waals surface area contributed by atoms with Gasteiger partial charge in [0, 0.05) is 44.5 Å². The Morgan fingerprint density at radius 2 is 1.72 bits per heavy atom. The van der Waals surface area contributed by atoms with Gasteiger partial charge in [-0.2, -0.15) is 5.10 Å². The Morgan fingerprint density at radius 1 is 1.07 bits per heavy atom. The van der Waals surface area contributed by atoms with Gasteiger partial charge in [-0.15, -0.1) is 0 Å². The van der Waals surface area contributed by atoms with E-state index in [4.69, 9.17) is 5.10 Å². The zero-order chi connectivity index (χ0) is 21.1. The van der Waals surface area contributed by atoms with Crippen LogP contribution >= 0.6 is 0 Å². The maximum absolute atomic E-state index is 12.8. The van der Waals surface area contributed by atoms with Gasteiger partial charge in [0.1, 0.15) is 0 Å². The third-order valence-corrected chi connectivity index (χ3v) is 5.57. The summed E-state index contributed by atoms with van der Waals surface area (Å²) >= 11 is 0. The summed E-state index contributed by atoms with van der Waals surface area (Å²) < 4.78 is 1.92. The fourth-order valence-electron chi connectivity index (χ4n) is 4.37. The number of hydrogen-bond donors (Lipinski definition) is 0. The van der Waals surface area contributed by atoms with Crippen molar-refractivity contribution in [2.45, 2.75) is 53.6 Å². The van der Waals surface area contributed by atoms with Crippen molar-refractivity contribution in [1.29, 1.82) is 0 Å². The van der Waals surface area contributed by atoms with Gasteiger partial charge in [-0.25, -0.2) is 9.67 Å². The summed E-state index contributed by atoms with van der Waals surface area (Å²) in [6.45, 7) is 16.5. The second-order valence-electron chi connectivity index (χ2n) is 8.37. The number of nitrogens with zero attached hydrogens (tertiary/aromatic N) is 6. The first-order valence-electron chi connectivity index (χ1n) is 10.6. The molecule has 3 heterocycles. The molecule has 0 saturated carbocycles. The van der Waals surface area contributed by atoms with Crippen LogP contribution in [-0.4, -0.2) is 75.3 Å². The van der Waals surface area contributed by atoms with Gasteiger partial charge in [0.25, 0.3) is 0 Å². The van der Waals surface area contributed by atoms with Gasteiger partial charge in [0.05, 0.1) is 23.6 Å². The Balaban J connectivity index is 1.66. The number of amides is 1. The molecule has 1 aliphatic heterocycles. The molecule has 1 saturated heterocycles. The van der Waals surface area contributed by atoms with Gasteiger partial charge in [-0.1, -0.05) is 6.07 Å². The zero-order valence-electron chi connectivity index (χ0n) is 18.6. The molecule has 29 heavy (non-hydrogen) atoms. The van der Waals surface area contributed by atoms with Crippen LogP contribution in [0.5, 0.6) is 0 Å². The first-order valence-corrected chi connectivity index (χ1v) is 10.6. The molecule has 0 radical (unpaired) electrons. The fourth-order valence-corrected chi connectivity index (χ4v) is 4.37. The molecule has 0 atom stereocenters. The van der Waals surface area contributed by atoms with E-state index in [0.29, 0.717) is 6.54 Å². The Hall–Kier alpha value is -2.41. The highest BCUT2D eigenvalue weighted by Gasteiger charge is 2.27. The van der Waals surface area contributed by atoms with E-state index < -0.39 is 0 Å². The van der Waals surface area contributed by atoms with Crippen LogP contribution in [0.25, 0.3) is 5.82 Å². The van der Waals surface area contributed by atoms with E-state index in [9.17, 15) is 4.79 Å². The van der Waals surface area contributed by atoms with E-state index in [0.717, 1.165) is 43.4 Å². The Kier molecular flexibility index (Phi) is 6.57. The lowest BCUT2D eigenvalue weighted by molar-refractivity contribution is -0.136.